The van der Waals surface area contributed by atoms with E-state index < -0.39 is 0 Å². The molecule has 0 radical (unpaired) electrons. The van der Waals surface area contributed by atoms with Crippen molar-refractivity contribution in [2.45, 2.75) is 57.3 Å². The van der Waals surface area contributed by atoms with Crippen LogP contribution in [0.3, 0.4) is 0 Å². The molecule has 0 N–H and O–H groups in total. The van der Waals surface area contributed by atoms with Crippen molar-refractivity contribution in [2.75, 3.05) is 0 Å². The summed E-state index contributed by atoms with van der Waals surface area (Å²) in [6, 6.07) is 11.7. The molecule has 128 valence electrons. The Labute approximate surface area is 150 Å². The van der Waals surface area contributed by atoms with E-state index in [9.17, 15) is 4.79 Å². The van der Waals surface area contributed by atoms with Crippen molar-refractivity contribution < 1.29 is 4.79 Å². The predicted molar refractivity (Wildman–Crippen MR) is 103 cm³/mol. The molecule has 2 aromatic rings. The average Bonchev–Trinajstić information content (AvgIpc) is 3.19. The summed E-state index contributed by atoms with van der Waals surface area (Å²) >= 11 is 0. The number of allylic oxidation sites excluding steroid dienone is 2. The maximum atomic E-state index is 12.6. The van der Waals surface area contributed by atoms with Crippen molar-refractivity contribution >= 4 is 16.6 Å². The van der Waals surface area contributed by atoms with Gasteiger partial charge in [-0.05, 0) is 65.0 Å². The lowest BCUT2D eigenvalue weighted by molar-refractivity contribution is -0.120. The summed E-state index contributed by atoms with van der Waals surface area (Å²) in [7, 11) is 0. The van der Waals surface area contributed by atoms with Crippen LogP contribution in [0.2, 0.25) is 0 Å². The highest BCUT2D eigenvalue weighted by Gasteiger charge is 2.52. The third-order valence-corrected chi connectivity index (χ3v) is 6.89. The Morgan fingerprint density at radius 3 is 2.80 bits per heavy atom. The summed E-state index contributed by atoms with van der Waals surface area (Å²) < 4.78 is 0. The lowest BCUT2D eigenvalue weighted by Gasteiger charge is -2.40. The SMILES string of the molecule is CCCCc1ccc2cc3c(cc2c1)CC(=O)CC31CC2C=CC1C2. The maximum absolute atomic E-state index is 12.6. The van der Waals surface area contributed by atoms with Gasteiger partial charge in [-0.15, -0.1) is 0 Å². The average molecular weight is 330 g/mol. The van der Waals surface area contributed by atoms with E-state index in [1.807, 2.05) is 0 Å². The normalized spacial score (nSPS) is 29.7. The Kier molecular flexibility index (Phi) is 3.42. The van der Waals surface area contributed by atoms with Crippen LogP contribution in [0.25, 0.3) is 10.8 Å². The first kappa shape index (κ1) is 15.4. The van der Waals surface area contributed by atoms with Crippen LogP contribution >= 0.6 is 0 Å². The molecule has 0 amide bonds. The zero-order valence-corrected chi connectivity index (χ0v) is 15.1. The standard InChI is InChI=1S/C24H26O/c1-2-3-4-16-5-7-18-13-23-20(11-19(18)9-16)12-22(25)15-24(23)14-17-6-8-21(24)10-17/h5-9,11,13,17,21H,2-4,10,12,14-15H2,1H3. The molecule has 3 atom stereocenters. The monoisotopic (exact) mass is 330 g/mol. The second-order valence-electron chi connectivity index (χ2n) is 8.53. The molecule has 2 bridgehead atoms. The fraction of sp³-hybridized carbons (Fsp3) is 0.458. The first-order chi connectivity index (χ1) is 12.2. The summed E-state index contributed by atoms with van der Waals surface area (Å²) in [4.78, 5) is 12.6. The van der Waals surface area contributed by atoms with Crippen LogP contribution in [0, 0.1) is 11.8 Å². The Hall–Kier alpha value is -1.89. The molecule has 0 aromatic heterocycles. The van der Waals surface area contributed by atoms with Crippen LogP contribution in [-0.4, -0.2) is 5.78 Å². The minimum Gasteiger partial charge on any atom is -0.299 e. The highest BCUT2D eigenvalue weighted by molar-refractivity contribution is 5.91. The van der Waals surface area contributed by atoms with Gasteiger partial charge in [-0.2, -0.15) is 0 Å². The molecule has 2 aromatic carbocycles. The van der Waals surface area contributed by atoms with E-state index in [-0.39, 0.29) is 5.41 Å². The Morgan fingerprint density at radius 1 is 1.12 bits per heavy atom. The van der Waals surface area contributed by atoms with E-state index in [4.69, 9.17) is 0 Å². The van der Waals surface area contributed by atoms with Gasteiger partial charge in [0, 0.05) is 18.3 Å². The van der Waals surface area contributed by atoms with Gasteiger partial charge in [0.1, 0.15) is 5.78 Å². The van der Waals surface area contributed by atoms with Crippen molar-refractivity contribution in [1.82, 2.24) is 0 Å². The molecule has 0 heterocycles. The Morgan fingerprint density at radius 2 is 2.04 bits per heavy atom. The van der Waals surface area contributed by atoms with Crippen molar-refractivity contribution in [3.8, 4) is 0 Å². The fourth-order valence-electron chi connectivity index (χ4n) is 5.73. The lowest BCUT2D eigenvalue weighted by Crippen LogP contribution is -2.38. The minimum absolute atomic E-state index is 0.0964. The zero-order valence-electron chi connectivity index (χ0n) is 15.1. The molecule has 3 aliphatic carbocycles. The van der Waals surface area contributed by atoms with Crippen molar-refractivity contribution in [3.63, 3.8) is 0 Å². The van der Waals surface area contributed by atoms with Gasteiger partial charge in [0.25, 0.3) is 0 Å². The minimum atomic E-state index is 0.0964. The third kappa shape index (κ3) is 2.32. The van der Waals surface area contributed by atoms with Gasteiger partial charge in [0.2, 0.25) is 0 Å². The zero-order chi connectivity index (χ0) is 17.0. The number of fused-ring (bicyclic) bond motifs is 6. The molecule has 0 aliphatic heterocycles. The molecule has 1 saturated carbocycles. The molecule has 1 spiro atoms. The number of Topliss-reactive ketones (excluding diaryl/α,β-unsaturated/α-hetero) is 1. The quantitative estimate of drug-likeness (QED) is 0.676. The molecule has 5 rings (SSSR count). The van der Waals surface area contributed by atoms with E-state index in [1.54, 1.807) is 0 Å². The van der Waals surface area contributed by atoms with Crippen LogP contribution in [0.15, 0.2) is 42.5 Å². The number of carbonyl (C=O) groups is 1. The van der Waals surface area contributed by atoms with E-state index in [2.05, 4.69) is 49.4 Å². The van der Waals surface area contributed by atoms with Crippen molar-refractivity contribution in [1.29, 1.82) is 0 Å². The number of hydrogen-bond donors (Lipinski definition) is 0. The predicted octanol–water partition coefficient (Wildman–Crippen LogP) is 5.53. The van der Waals surface area contributed by atoms with Gasteiger partial charge in [0.15, 0.2) is 0 Å². The Bertz CT molecular complexity index is 890. The molecule has 1 nitrogen and oxygen atoms in total. The number of carbonyl (C=O) groups excluding carboxylic acids is 1. The molecule has 1 heteroatoms. The number of hydrogen-bond acceptors (Lipinski definition) is 1. The van der Waals surface area contributed by atoms with Crippen LogP contribution in [-0.2, 0) is 23.1 Å². The van der Waals surface area contributed by atoms with Crippen LogP contribution in [0.4, 0.5) is 0 Å². The second kappa shape index (κ2) is 5.56. The van der Waals surface area contributed by atoms with Gasteiger partial charge in [0.05, 0.1) is 0 Å². The number of ketones is 1. The molecule has 3 unspecified atom stereocenters. The van der Waals surface area contributed by atoms with Crippen LogP contribution in [0.5, 0.6) is 0 Å². The third-order valence-electron chi connectivity index (χ3n) is 6.89. The molecule has 3 aliphatic rings. The van der Waals surface area contributed by atoms with Gasteiger partial charge < -0.3 is 0 Å². The lowest BCUT2D eigenvalue weighted by atomic mass is 9.62. The summed E-state index contributed by atoms with van der Waals surface area (Å²) in [6.45, 7) is 2.24. The largest absolute Gasteiger partial charge is 0.299 e. The molecule has 1 fully saturated rings. The van der Waals surface area contributed by atoms with Gasteiger partial charge >= 0.3 is 0 Å². The number of rotatable bonds is 3. The highest BCUT2D eigenvalue weighted by Crippen LogP contribution is 2.57. The van der Waals surface area contributed by atoms with Gasteiger partial charge in [-0.1, -0.05) is 55.8 Å². The topological polar surface area (TPSA) is 17.1 Å². The van der Waals surface area contributed by atoms with Crippen molar-refractivity contribution in [3.05, 3.63) is 59.2 Å². The van der Waals surface area contributed by atoms with Gasteiger partial charge in [-0.25, -0.2) is 0 Å². The van der Waals surface area contributed by atoms with E-state index >= 15 is 0 Å². The molecule has 25 heavy (non-hydrogen) atoms. The van der Waals surface area contributed by atoms with Gasteiger partial charge in [-0.3, -0.25) is 4.79 Å². The Balaban J connectivity index is 1.63. The summed E-state index contributed by atoms with van der Waals surface area (Å²) in [5, 5.41) is 2.66. The fourth-order valence-corrected chi connectivity index (χ4v) is 5.73. The highest BCUT2D eigenvalue weighted by atomic mass is 16.1. The summed E-state index contributed by atoms with van der Waals surface area (Å²) in [6.07, 6.45) is 12.2. The molecular weight excluding hydrogens is 304 g/mol. The molecule has 0 saturated heterocycles. The molecular formula is C24H26O. The number of aryl methyl sites for hydroxylation is 1. The number of unbranched alkanes of at least 4 members (excludes halogenated alkanes) is 1. The summed E-state index contributed by atoms with van der Waals surface area (Å²) in [5.74, 6) is 1.70. The first-order valence-corrected chi connectivity index (χ1v) is 9.94. The smallest absolute Gasteiger partial charge is 0.138 e. The van der Waals surface area contributed by atoms with Crippen molar-refractivity contribution in [2.24, 2.45) is 11.8 Å². The van der Waals surface area contributed by atoms with E-state index in [1.165, 1.54) is 53.1 Å². The maximum Gasteiger partial charge on any atom is 0.138 e. The number of benzene rings is 2. The second-order valence-corrected chi connectivity index (χ2v) is 8.53. The first-order valence-electron chi connectivity index (χ1n) is 9.94. The van der Waals surface area contributed by atoms with E-state index in [0.717, 1.165) is 12.8 Å². The van der Waals surface area contributed by atoms with Crippen LogP contribution < -0.4 is 0 Å². The van der Waals surface area contributed by atoms with E-state index in [0.29, 0.717) is 24.0 Å². The summed E-state index contributed by atoms with van der Waals surface area (Å²) in [5.41, 5.74) is 4.31. The van der Waals surface area contributed by atoms with Crippen LogP contribution in [0.1, 0.15) is 55.7 Å².